The molecule has 1 rings (SSSR count). The van der Waals surface area contributed by atoms with Crippen LogP contribution in [0.2, 0.25) is 0 Å². The number of hydrogen-bond donors (Lipinski definition) is 2. The molecular weight excluding hydrogens is 274 g/mol. The number of rotatable bonds is 6. The van der Waals surface area contributed by atoms with Gasteiger partial charge in [0.1, 0.15) is 11.5 Å². The van der Waals surface area contributed by atoms with Crippen molar-refractivity contribution in [2.45, 2.75) is 13.8 Å². The first-order valence-electron chi connectivity index (χ1n) is 6.57. The van der Waals surface area contributed by atoms with Crippen molar-refractivity contribution in [1.82, 2.24) is 10.7 Å². The van der Waals surface area contributed by atoms with E-state index in [2.05, 4.69) is 15.8 Å². The van der Waals surface area contributed by atoms with Gasteiger partial charge in [-0.1, -0.05) is 0 Å². The number of nitrogens with zero attached hydrogens (tertiary/aromatic N) is 1. The molecule has 7 nitrogen and oxygen atoms in total. The summed E-state index contributed by atoms with van der Waals surface area (Å²) in [6.45, 7) is 4.80. The molecule has 0 unspecified atom stereocenters. The summed E-state index contributed by atoms with van der Waals surface area (Å²) >= 11 is 0. The van der Waals surface area contributed by atoms with Crippen molar-refractivity contribution in [3.8, 4) is 11.5 Å². The van der Waals surface area contributed by atoms with Crippen molar-refractivity contribution in [2.24, 2.45) is 5.10 Å². The number of benzene rings is 1. The molecule has 2 amide bonds. The maximum Gasteiger partial charge on any atom is 0.329 e. The summed E-state index contributed by atoms with van der Waals surface area (Å²) in [5.41, 5.74) is 2.79. The minimum atomic E-state index is -0.836. The highest BCUT2D eigenvalue weighted by molar-refractivity contribution is 6.34. The molecule has 0 aliphatic heterocycles. The maximum absolute atomic E-state index is 11.2. The fourth-order valence-corrected chi connectivity index (χ4v) is 1.48. The number of hydrogen-bond acceptors (Lipinski definition) is 5. The highest BCUT2D eigenvalue weighted by atomic mass is 16.5. The van der Waals surface area contributed by atoms with Gasteiger partial charge in [-0.25, -0.2) is 5.43 Å². The number of amides is 2. The smallest absolute Gasteiger partial charge is 0.329 e. The molecule has 1 aromatic carbocycles. The quantitative estimate of drug-likeness (QED) is 0.458. The van der Waals surface area contributed by atoms with Crippen LogP contribution in [-0.4, -0.2) is 38.3 Å². The van der Waals surface area contributed by atoms with Crippen LogP contribution >= 0.6 is 0 Å². The van der Waals surface area contributed by atoms with Crippen LogP contribution in [0.1, 0.15) is 19.4 Å². The van der Waals surface area contributed by atoms with Gasteiger partial charge in [-0.05, 0) is 26.0 Å². The minimum Gasteiger partial charge on any atom is -0.494 e. The molecule has 1 aromatic rings. The highest BCUT2D eigenvalue weighted by Crippen LogP contribution is 2.23. The van der Waals surface area contributed by atoms with Gasteiger partial charge in [0.25, 0.3) is 0 Å². The molecule has 7 heteroatoms. The van der Waals surface area contributed by atoms with Crippen molar-refractivity contribution in [1.29, 1.82) is 0 Å². The summed E-state index contributed by atoms with van der Waals surface area (Å²) in [6.07, 6.45) is 1.40. The van der Waals surface area contributed by atoms with Gasteiger partial charge in [0.05, 0.1) is 19.4 Å². The predicted molar refractivity (Wildman–Crippen MR) is 78.6 cm³/mol. The number of hydrazone groups is 1. The zero-order valence-corrected chi connectivity index (χ0v) is 12.3. The molecule has 0 bridgehead atoms. The molecule has 0 aliphatic carbocycles. The molecular formula is C14H19N3O4. The van der Waals surface area contributed by atoms with Crippen LogP contribution in [0.15, 0.2) is 23.3 Å². The lowest BCUT2D eigenvalue weighted by molar-refractivity contribution is -0.138. The van der Waals surface area contributed by atoms with Crippen LogP contribution in [-0.2, 0) is 9.59 Å². The Hall–Kier alpha value is -2.57. The van der Waals surface area contributed by atoms with Crippen LogP contribution in [0.3, 0.4) is 0 Å². The first-order valence-corrected chi connectivity index (χ1v) is 6.57. The molecule has 0 aromatic heterocycles. The van der Waals surface area contributed by atoms with E-state index in [4.69, 9.17) is 9.47 Å². The average Bonchev–Trinajstić information content (AvgIpc) is 2.49. The highest BCUT2D eigenvalue weighted by Gasteiger charge is 2.09. The lowest BCUT2D eigenvalue weighted by Crippen LogP contribution is -2.35. The predicted octanol–water partition coefficient (Wildman–Crippen LogP) is 0.680. The summed E-state index contributed by atoms with van der Waals surface area (Å²) in [4.78, 5) is 22.2. The Balaban J connectivity index is 2.81. The van der Waals surface area contributed by atoms with E-state index in [-0.39, 0.29) is 0 Å². The van der Waals surface area contributed by atoms with Gasteiger partial charge in [0, 0.05) is 18.7 Å². The summed E-state index contributed by atoms with van der Waals surface area (Å²) in [5, 5.41) is 5.92. The molecule has 114 valence electrons. The van der Waals surface area contributed by atoms with Crippen molar-refractivity contribution in [3.05, 3.63) is 23.8 Å². The monoisotopic (exact) mass is 293 g/mol. The van der Waals surface area contributed by atoms with Gasteiger partial charge in [0.15, 0.2) is 0 Å². The van der Waals surface area contributed by atoms with Crippen LogP contribution in [0.4, 0.5) is 0 Å². The van der Waals surface area contributed by atoms with Gasteiger partial charge in [-0.3, -0.25) is 9.59 Å². The number of likely N-dealkylation sites (N-methyl/N-ethyl adjacent to an activating group) is 1. The zero-order valence-electron chi connectivity index (χ0n) is 12.3. The fourth-order valence-electron chi connectivity index (χ4n) is 1.48. The van der Waals surface area contributed by atoms with Gasteiger partial charge in [0.2, 0.25) is 0 Å². The van der Waals surface area contributed by atoms with E-state index in [1.807, 2.05) is 13.8 Å². The Bertz CT molecular complexity index is 529. The summed E-state index contributed by atoms with van der Waals surface area (Å²) in [6, 6.07) is 5.27. The van der Waals surface area contributed by atoms with E-state index >= 15 is 0 Å². The second-order valence-corrected chi connectivity index (χ2v) is 3.84. The average molecular weight is 293 g/mol. The van der Waals surface area contributed by atoms with Gasteiger partial charge in [-0.2, -0.15) is 5.10 Å². The number of carbonyl (C=O) groups excluding carboxylic acids is 2. The third-order valence-corrected chi connectivity index (χ3v) is 2.40. The number of ether oxygens (including phenoxy) is 2. The van der Waals surface area contributed by atoms with Crippen LogP contribution in [0.5, 0.6) is 11.5 Å². The van der Waals surface area contributed by atoms with Gasteiger partial charge < -0.3 is 14.8 Å². The summed E-state index contributed by atoms with van der Waals surface area (Å²) in [7, 11) is 1.37. The minimum absolute atomic E-state index is 0.487. The molecule has 0 saturated heterocycles. The van der Waals surface area contributed by atoms with Crippen LogP contribution < -0.4 is 20.2 Å². The van der Waals surface area contributed by atoms with Crippen LogP contribution in [0.25, 0.3) is 0 Å². The van der Waals surface area contributed by atoms with Crippen molar-refractivity contribution >= 4 is 18.0 Å². The van der Waals surface area contributed by atoms with Crippen molar-refractivity contribution < 1.29 is 19.1 Å². The first-order chi connectivity index (χ1) is 10.1. The van der Waals surface area contributed by atoms with Gasteiger partial charge in [-0.15, -0.1) is 0 Å². The summed E-state index contributed by atoms with van der Waals surface area (Å²) in [5.74, 6) is -0.324. The SMILES string of the molecule is CCOc1ccc(/C=N\NC(=O)C(=O)NC)c(OCC)c1. The third kappa shape index (κ3) is 5.13. The van der Waals surface area contributed by atoms with E-state index in [0.29, 0.717) is 30.3 Å². The molecule has 0 fully saturated rings. The molecule has 0 radical (unpaired) electrons. The Kier molecular flexibility index (Phi) is 6.73. The lowest BCUT2D eigenvalue weighted by Gasteiger charge is -2.09. The zero-order chi connectivity index (χ0) is 15.7. The Morgan fingerprint density at radius 3 is 2.52 bits per heavy atom. The second-order valence-electron chi connectivity index (χ2n) is 3.84. The Morgan fingerprint density at radius 1 is 1.19 bits per heavy atom. The molecule has 2 N–H and O–H groups in total. The third-order valence-electron chi connectivity index (χ3n) is 2.40. The normalized spacial score (nSPS) is 10.2. The second kappa shape index (κ2) is 8.57. The van der Waals surface area contributed by atoms with E-state index in [9.17, 15) is 9.59 Å². The fraction of sp³-hybridized carbons (Fsp3) is 0.357. The van der Waals surface area contributed by atoms with Crippen molar-refractivity contribution in [2.75, 3.05) is 20.3 Å². The van der Waals surface area contributed by atoms with E-state index in [1.165, 1.54) is 13.3 Å². The largest absolute Gasteiger partial charge is 0.494 e. The first kappa shape index (κ1) is 16.5. The van der Waals surface area contributed by atoms with Gasteiger partial charge >= 0.3 is 11.8 Å². The maximum atomic E-state index is 11.2. The van der Waals surface area contributed by atoms with Crippen molar-refractivity contribution in [3.63, 3.8) is 0 Å². The van der Waals surface area contributed by atoms with E-state index < -0.39 is 11.8 Å². The standard InChI is InChI=1S/C14H19N3O4/c1-4-20-11-7-6-10(12(8-11)21-5-2)9-16-17-14(19)13(18)15-3/h6-9H,4-5H2,1-3H3,(H,15,18)(H,17,19)/b16-9-. The molecule has 0 saturated carbocycles. The molecule has 0 aliphatic rings. The summed E-state index contributed by atoms with van der Waals surface area (Å²) < 4.78 is 10.9. The van der Waals surface area contributed by atoms with E-state index in [1.54, 1.807) is 18.2 Å². The Morgan fingerprint density at radius 2 is 1.90 bits per heavy atom. The Labute approximate surface area is 123 Å². The van der Waals surface area contributed by atoms with E-state index in [0.717, 1.165) is 0 Å². The number of nitrogens with one attached hydrogen (secondary N) is 2. The molecule has 21 heavy (non-hydrogen) atoms. The topological polar surface area (TPSA) is 89.0 Å². The molecule has 0 spiro atoms. The number of carbonyl (C=O) groups is 2. The molecule has 0 heterocycles. The molecule has 0 atom stereocenters. The lowest BCUT2D eigenvalue weighted by atomic mass is 10.2. The van der Waals surface area contributed by atoms with Crippen LogP contribution in [0, 0.1) is 0 Å².